The number of hydrogen-bond acceptors (Lipinski definition) is 0. The molecule has 0 saturated heterocycles. The molecule has 0 bridgehead atoms. The maximum absolute atomic E-state index is 3.96. The zero-order valence-electron chi connectivity index (χ0n) is 6.88. The van der Waals surface area contributed by atoms with Crippen molar-refractivity contribution in [1.82, 2.24) is 0 Å². The van der Waals surface area contributed by atoms with Crippen LogP contribution in [0.3, 0.4) is 0 Å². The highest BCUT2D eigenvalue weighted by Gasteiger charge is 2.01. The van der Waals surface area contributed by atoms with E-state index in [1.165, 1.54) is 11.1 Å². The molecule has 0 atom stereocenters. The Labute approximate surface area is 71.9 Å². The largest absolute Gasteiger partial charge is 0.0917 e. The molecule has 1 aromatic rings. The summed E-state index contributed by atoms with van der Waals surface area (Å²) in [5.74, 6) is 0. The van der Waals surface area contributed by atoms with Gasteiger partial charge in [0.05, 0.1) is 0 Å². The van der Waals surface area contributed by atoms with Gasteiger partial charge in [-0.1, -0.05) is 43.5 Å². The summed E-state index contributed by atoms with van der Waals surface area (Å²) in [6.45, 7) is 7.85. The van der Waals surface area contributed by atoms with Crippen LogP contribution in [0.4, 0.5) is 0 Å². The van der Waals surface area contributed by atoms with E-state index in [1.54, 1.807) is 0 Å². The Kier molecular flexibility index (Phi) is 1.47. The summed E-state index contributed by atoms with van der Waals surface area (Å²) in [5, 5.41) is 2.11. The van der Waals surface area contributed by atoms with Crippen LogP contribution in [-0.4, -0.2) is 0 Å². The molecule has 0 radical (unpaired) electrons. The predicted molar refractivity (Wildman–Crippen MR) is 53.9 cm³/mol. The van der Waals surface area contributed by atoms with E-state index in [1.807, 2.05) is 18.2 Å². The van der Waals surface area contributed by atoms with E-state index < -0.39 is 0 Å². The fourth-order valence-electron chi connectivity index (χ4n) is 1.26. The molecule has 0 amide bonds. The predicted octanol–water partition coefficient (Wildman–Crippen LogP) is 1.46. The number of allylic oxidation sites excluding steroid dienone is 4. The molecule has 0 heterocycles. The van der Waals surface area contributed by atoms with Gasteiger partial charge in [-0.15, -0.1) is 0 Å². The third-order valence-corrected chi connectivity index (χ3v) is 2.04. The summed E-state index contributed by atoms with van der Waals surface area (Å²) in [6.07, 6.45) is 6.21. The van der Waals surface area contributed by atoms with Crippen LogP contribution < -0.4 is 10.4 Å². The molecule has 0 N–H and O–H groups in total. The Morgan fingerprint density at radius 2 is 1.83 bits per heavy atom. The van der Waals surface area contributed by atoms with E-state index in [0.717, 1.165) is 10.4 Å². The van der Waals surface area contributed by atoms with Crippen LogP contribution in [-0.2, 0) is 0 Å². The van der Waals surface area contributed by atoms with Gasteiger partial charge in [0.25, 0.3) is 0 Å². The molecule has 0 nitrogen and oxygen atoms in total. The molecule has 2 rings (SSSR count). The molecule has 0 fully saturated rings. The lowest BCUT2D eigenvalue weighted by Crippen LogP contribution is -2.12. The molecule has 0 saturated carbocycles. The van der Waals surface area contributed by atoms with E-state index in [0.29, 0.717) is 0 Å². The smallest absolute Gasteiger partial charge is 0.0112 e. The lowest BCUT2D eigenvalue weighted by Gasteiger charge is -2.07. The van der Waals surface area contributed by atoms with Crippen LogP contribution in [0.15, 0.2) is 36.4 Å². The summed E-state index contributed by atoms with van der Waals surface area (Å²) in [5.41, 5.74) is 2.45. The molecular weight excluding hydrogens is 144 g/mol. The topological polar surface area (TPSA) is 0 Å². The molecule has 1 aliphatic carbocycles. The lowest BCUT2D eigenvalue weighted by atomic mass is 9.97. The first kappa shape index (κ1) is 7.11. The second-order valence-corrected chi connectivity index (χ2v) is 2.97. The third kappa shape index (κ3) is 1.02. The van der Waals surface area contributed by atoms with Crippen molar-refractivity contribution in [3.05, 3.63) is 52.4 Å². The van der Waals surface area contributed by atoms with Crippen LogP contribution in [0.25, 0.3) is 18.7 Å². The Balaban J connectivity index is 2.63. The minimum Gasteiger partial charge on any atom is -0.0917 e. The van der Waals surface area contributed by atoms with Gasteiger partial charge in [0.15, 0.2) is 0 Å². The monoisotopic (exact) mass is 154 g/mol. The van der Waals surface area contributed by atoms with Gasteiger partial charge in [-0.3, -0.25) is 0 Å². The van der Waals surface area contributed by atoms with E-state index in [9.17, 15) is 0 Å². The first-order chi connectivity index (χ1) is 5.77. The molecule has 12 heavy (non-hydrogen) atoms. The first-order valence-electron chi connectivity index (χ1n) is 3.94. The van der Waals surface area contributed by atoms with Crippen molar-refractivity contribution in [2.24, 2.45) is 0 Å². The highest BCUT2D eigenvalue weighted by atomic mass is 14.1. The van der Waals surface area contributed by atoms with E-state index in [-0.39, 0.29) is 0 Å². The zero-order chi connectivity index (χ0) is 8.55. The Bertz CT molecular complexity index is 461. The summed E-state index contributed by atoms with van der Waals surface area (Å²) in [7, 11) is 0. The summed E-state index contributed by atoms with van der Waals surface area (Å²) in [6, 6.07) is 6.05. The third-order valence-electron chi connectivity index (χ3n) is 2.04. The number of benzene rings is 1. The van der Waals surface area contributed by atoms with E-state index >= 15 is 0 Å². The SMILES string of the molecule is C=c1ccc(=C)c(C2=CC=C2)c1. The van der Waals surface area contributed by atoms with Crippen LogP contribution in [0.1, 0.15) is 5.56 Å². The Morgan fingerprint density at radius 1 is 1.08 bits per heavy atom. The maximum atomic E-state index is 3.96. The molecule has 1 aliphatic rings. The minimum atomic E-state index is 1.04. The highest BCUT2D eigenvalue weighted by molar-refractivity contribution is 5.81. The molecule has 0 aliphatic heterocycles. The molecule has 0 aromatic heterocycles. The number of rotatable bonds is 1. The zero-order valence-corrected chi connectivity index (χ0v) is 6.88. The van der Waals surface area contributed by atoms with Gasteiger partial charge < -0.3 is 0 Å². The average Bonchev–Trinajstić information content (AvgIpc) is 1.93. The van der Waals surface area contributed by atoms with Crippen molar-refractivity contribution in [2.45, 2.75) is 0 Å². The lowest BCUT2D eigenvalue weighted by molar-refractivity contribution is 1.49. The van der Waals surface area contributed by atoms with Crippen molar-refractivity contribution >= 4 is 18.7 Å². The fourth-order valence-corrected chi connectivity index (χ4v) is 1.26. The molecule has 0 spiro atoms. The number of hydrogen-bond donors (Lipinski definition) is 0. The van der Waals surface area contributed by atoms with Crippen LogP contribution in [0.2, 0.25) is 0 Å². The van der Waals surface area contributed by atoms with Crippen LogP contribution in [0, 0.1) is 0 Å². The van der Waals surface area contributed by atoms with Gasteiger partial charge in [-0.25, -0.2) is 0 Å². The van der Waals surface area contributed by atoms with Crippen molar-refractivity contribution < 1.29 is 0 Å². The van der Waals surface area contributed by atoms with Crippen LogP contribution in [0.5, 0.6) is 0 Å². The average molecular weight is 154 g/mol. The van der Waals surface area contributed by atoms with Gasteiger partial charge >= 0.3 is 0 Å². The molecule has 1 aromatic carbocycles. The first-order valence-corrected chi connectivity index (χ1v) is 3.94. The van der Waals surface area contributed by atoms with Gasteiger partial charge in [-0.05, 0) is 27.6 Å². The summed E-state index contributed by atoms with van der Waals surface area (Å²) < 4.78 is 0. The second kappa shape index (κ2) is 2.49. The highest BCUT2D eigenvalue weighted by Crippen LogP contribution is 2.17. The van der Waals surface area contributed by atoms with Crippen molar-refractivity contribution in [2.75, 3.05) is 0 Å². The fraction of sp³-hybridized carbons (Fsp3) is 0. The molecule has 0 heteroatoms. The summed E-state index contributed by atoms with van der Waals surface area (Å²) >= 11 is 0. The minimum absolute atomic E-state index is 1.04. The quantitative estimate of drug-likeness (QED) is 0.574. The maximum Gasteiger partial charge on any atom is -0.0112 e. The normalized spacial score (nSPS) is 13.8. The van der Waals surface area contributed by atoms with Crippen molar-refractivity contribution in [3.63, 3.8) is 0 Å². The standard InChI is InChI=1S/C12H10/c1-9-6-7-10(2)12(8-9)11-4-3-5-11/h3-8H,1-2H2. The van der Waals surface area contributed by atoms with Gasteiger partial charge in [0.1, 0.15) is 0 Å². The van der Waals surface area contributed by atoms with E-state index in [4.69, 9.17) is 0 Å². The van der Waals surface area contributed by atoms with Gasteiger partial charge in [0.2, 0.25) is 0 Å². The van der Waals surface area contributed by atoms with Gasteiger partial charge in [0, 0.05) is 0 Å². The second-order valence-electron chi connectivity index (χ2n) is 2.97. The van der Waals surface area contributed by atoms with E-state index in [2.05, 4.69) is 31.4 Å². The van der Waals surface area contributed by atoms with Gasteiger partial charge in [-0.2, -0.15) is 0 Å². The molecule has 0 unspecified atom stereocenters. The van der Waals surface area contributed by atoms with Crippen molar-refractivity contribution in [3.8, 4) is 0 Å². The van der Waals surface area contributed by atoms with Crippen LogP contribution >= 0.6 is 0 Å². The molecular formula is C12H10. The Hall–Kier alpha value is -1.56. The Morgan fingerprint density at radius 3 is 2.42 bits per heavy atom. The summed E-state index contributed by atoms with van der Waals surface area (Å²) in [4.78, 5) is 0. The molecule has 58 valence electrons. The van der Waals surface area contributed by atoms with Crippen molar-refractivity contribution in [1.29, 1.82) is 0 Å².